The van der Waals surface area contributed by atoms with Crippen LogP contribution in [0.15, 0.2) is 30.5 Å². The summed E-state index contributed by atoms with van der Waals surface area (Å²) in [5, 5.41) is 11.4. The Morgan fingerprint density at radius 2 is 2.26 bits per heavy atom. The summed E-state index contributed by atoms with van der Waals surface area (Å²) in [4.78, 5) is 18.6. The number of rotatable bonds is 2. The highest BCUT2D eigenvalue weighted by Gasteiger charge is 2.25. The molecule has 1 aromatic carbocycles. The van der Waals surface area contributed by atoms with Gasteiger partial charge in [-0.3, -0.25) is 0 Å². The highest BCUT2D eigenvalue weighted by molar-refractivity contribution is 5.83. The second-order valence-electron chi connectivity index (χ2n) is 4.87. The van der Waals surface area contributed by atoms with Crippen molar-refractivity contribution in [1.29, 1.82) is 0 Å². The normalized spacial score (nSPS) is 20.5. The van der Waals surface area contributed by atoms with Crippen LogP contribution in [0.2, 0.25) is 0 Å². The maximum absolute atomic E-state index is 10.6. The molecule has 19 heavy (non-hydrogen) atoms. The van der Waals surface area contributed by atoms with E-state index >= 15 is 0 Å². The van der Waals surface area contributed by atoms with Crippen LogP contribution < -0.4 is 0 Å². The fourth-order valence-electron chi connectivity index (χ4n) is 2.82. The first-order valence-corrected chi connectivity index (χ1v) is 6.46. The lowest BCUT2D eigenvalue weighted by Gasteiger charge is -2.30. The van der Waals surface area contributed by atoms with E-state index in [-0.39, 0.29) is 0 Å². The summed E-state index contributed by atoms with van der Waals surface area (Å²) in [6, 6.07) is 8.17. The van der Waals surface area contributed by atoms with Crippen molar-refractivity contribution >= 4 is 17.1 Å². The number of hydrogen-bond donors (Lipinski definition) is 2. The van der Waals surface area contributed by atoms with Crippen molar-refractivity contribution in [1.82, 2.24) is 10.0 Å². The van der Waals surface area contributed by atoms with Gasteiger partial charge in [0.05, 0.1) is 0 Å². The number of hydroxylamine groups is 2. The molecule has 100 valence electrons. The average molecular weight is 260 g/mol. The van der Waals surface area contributed by atoms with Gasteiger partial charge in [-0.2, -0.15) is 0 Å². The largest absolute Gasteiger partial charge is 0.525 e. The molecule has 1 aliphatic rings. The number of carboxylic acid groups (broad SMARTS) is 1. The van der Waals surface area contributed by atoms with Crippen LogP contribution in [-0.4, -0.2) is 34.4 Å². The molecular weight excluding hydrogens is 244 g/mol. The number of H-pyrrole nitrogens is 1. The van der Waals surface area contributed by atoms with Gasteiger partial charge in [-0.15, -0.1) is 5.06 Å². The van der Waals surface area contributed by atoms with E-state index in [9.17, 15) is 4.79 Å². The van der Waals surface area contributed by atoms with Crippen LogP contribution in [0.3, 0.4) is 0 Å². The summed E-state index contributed by atoms with van der Waals surface area (Å²) in [5.41, 5.74) is 2.36. The molecule has 0 saturated carbocycles. The summed E-state index contributed by atoms with van der Waals surface area (Å²) in [6.45, 7) is 1.29. The Bertz CT molecular complexity index is 593. The van der Waals surface area contributed by atoms with Crippen LogP contribution in [-0.2, 0) is 4.84 Å². The minimum atomic E-state index is -1.24. The number of piperidine rings is 1. The number of nitrogens with one attached hydrogen (secondary N) is 1. The molecule has 1 unspecified atom stereocenters. The van der Waals surface area contributed by atoms with Gasteiger partial charge in [0.2, 0.25) is 0 Å². The molecule has 0 spiro atoms. The summed E-state index contributed by atoms with van der Waals surface area (Å²) in [5.74, 6) is 0.309. The van der Waals surface area contributed by atoms with Gasteiger partial charge >= 0.3 is 6.16 Å². The molecule has 1 aliphatic heterocycles. The molecule has 1 fully saturated rings. The highest BCUT2D eigenvalue weighted by Crippen LogP contribution is 2.32. The first kappa shape index (κ1) is 12.0. The topological polar surface area (TPSA) is 65.6 Å². The molecule has 5 heteroatoms. The van der Waals surface area contributed by atoms with Crippen LogP contribution in [0.25, 0.3) is 10.9 Å². The summed E-state index contributed by atoms with van der Waals surface area (Å²) in [7, 11) is 0. The van der Waals surface area contributed by atoms with Crippen LogP contribution in [0.1, 0.15) is 24.3 Å². The van der Waals surface area contributed by atoms with Gasteiger partial charge in [-0.05, 0) is 24.5 Å². The lowest BCUT2D eigenvalue weighted by Crippen LogP contribution is -2.35. The van der Waals surface area contributed by atoms with Crippen molar-refractivity contribution in [2.45, 2.75) is 18.8 Å². The Morgan fingerprint density at radius 3 is 3.11 bits per heavy atom. The van der Waals surface area contributed by atoms with E-state index in [1.807, 2.05) is 24.4 Å². The quantitative estimate of drug-likeness (QED) is 0.871. The zero-order valence-electron chi connectivity index (χ0n) is 10.5. The van der Waals surface area contributed by atoms with Crippen LogP contribution in [0, 0.1) is 0 Å². The Kier molecular flexibility index (Phi) is 3.13. The molecule has 3 rings (SSSR count). The van der Waals surface area contributed by atoms with Gasteiger partial charge in [0.25, 0.3) is 0 Å². The third-order valence-corrected chi connectivity index (χ3v) is 3.65. The minimum absolute atomic E-state index is 0.309. The number of carbonyl (C=O) groups is 1. The predicted octanol–water partition coefficient (Wildman–Crippen LogP) is 2.96. The Morgan fingerprint density at radius 1 is 1.42 bits per heavy atom. The number of fused-ring (bicyclic) bond motifs is 1. The molecule has 5 nitrogen and oxygen atoms in total. The maximum Gasteiger partial charge on any atom is 0.525 e. The van der Waals surface area contributed by atoms with Crippen LogP contribution in [0.5, 0.6) is 0 Å². The first-order chi connectivity index (χ1) is 9.24. The molecule has 1 saturated heterocycles. The van der Waals surface area contributed by atoms with Crippen molar-refractivity contribution in [3.05, 3.63) is 36.0 Å². The van der Waals surface area contributed by atoms with E-state index in [1.165, 1.54) is 16.0 Å². The van der Waals surface area contributed by atoms with Crippen molar-refractivity contribution in [2.24, 2.45) is 0 Å². The smallest absolute Gasteiger partial charge is 0.448 e. The number of benzene rings is 1. The van der Waals surface area contributed by atoms with E-state index in [0.29, 0.717) is 19.0 Å². The van der Waals surface area contributed by atoms with Crippen molar-refractivity contribution < 1.29 is 14.7 Å². The van der Waals surface area contributed by atoms with Gasteiger partial charge in [0.1, 0.15) is 0 Å². The lowest BCUT2D eigenvalue weighted by molar-refractivity contribution is -0.133. The first-order valence-electron chi connectivity index (χ1n) is 6.46. The summed E-state index contributed by atoms with van der Waals surface area (Å²) >= 11 is 0. The van der Waals surface area contributed by atoms with Crippen LogP contribution >= 0.6 is 0 Å². The fourth-order valence-corrected chi connectivity index (χ4v) is 2.82. The van der Waals surface area contributed by atoms with Crippen molar-refractivity contribution in [3.63, 3.8) is 0 Å². The van der Waals surface area contributed by atoms with E-state index in [0.717, 1.165) is 18.4 Å². The highest BCUT2D eigenvalue weighted by atomic mass is 16.8. The minimum Gasteiger partial charge on any atom is -0.448 e. The fraction of sp³-hybridized carbons (Fsp3) is 0.357. The average Bonchev–Trinajstić information content (AvgIpc) is 2.82. The molecule has 0 radical (unpaired) electrons. The zero-order chi connectivity index (χ0) is 13.2. The van der Waals surface area contributed by atoms with E-state index in [1.54, 1.807) is 0 Å². The van der Waals surface area contributed by atoms with Crippen molar-refractivity contribution in [3.8, 4) is 0 Å². The molecule has 2 N–H and O–H groups in total. The summed E-state index contributed by atoms with van der Waals surface area (Å²) in [6.07, 6.45) is 2.79. The molecule has 2 aromatic rings. The molecule has 2 heterocycles. The van der Waals surface area contributed by atoms with E-state index < -0.39 is 6.16 Å². The molecule has 1 atom stereocenters. The van der Waals surface area contributed by atoms with Gasteiger partial charge in [-0.1, -0.05) is 18.2 Å². The Hall–Kier alpha value is -2.01. The summed E-state index contributed by atoms with van der Waals surface area (Å²) < 4.78 is 0. The molecule has 0 amide bonds. The van der Waals surface area contributed by atoms with Crippen LogP contribution in [0.4, 0.5) is 4.79 Å². The monoisotopic (exact) mass is 260 g/mol. The number of para-hydroxylation sites is 1. The third kappa shape index (κ3) is 2.42. The third-order valence-electron chi connectivity index (χ3n) is 3.65. The standard InChI is InChI=1S/C14H16N2O3/c17-14(18)19-16-7-3-4-10(9-16)12-8-15-13-6-2-1-5-11(12)13/h1-2,5-6,8,10,15H,3-4,7,9H2,(H,17,18). The van der Waals surface area contributed by atoms with Gasteiger partial charge < -0.3 is 14.9 Å². The predicted molar refractivity (Wildman–Crippen MR) is 71.0 cm³/mol. The Balaban J connectivity index is 1.83. The van der Waals surface area contributed by atoms with Gasteiger partial charge in [0, 0.05) is 36.1 Å². The molecular formula is C14H16N2O3. The second kappa shape index (κ2) is 4.93. The van der Waals surface area contributed by atoms with Gasteiger partial charge in [-0.25, -0.2) is 4.79 Å². The van der Waals surface area contributed by atoms with E-state index in [4.69, 9.17) is 9.94 Å². The number of aromatic amines is 1. The number of hydrogen-bond acceptors (Lipinski definition) is 3. The molecule has 1 aromatic heterocycles. The van der Waals surface area contributed by atoms with E-state index in [2.05, 4.69) is 11.1 Å². The maximum atomic E-state index is 10.6. The molecule has 0 aliphatic carbocycles. The molecule has 0 bridgehead atoms. The zero-order valence-corrected chi connectivity index (χ0v) is 10.5. The van der Waals surface area contributed by atoms with Crippen molar-refractivity contribution in [2.75, 3.05) is 13.1 Å². The lowest BCUT2D eigenvalue weighted by atomic mass is 9.91. The number of nitrogens with zero attached hydrogens (tertiary/aromatic N) is 1. The SMILES string of the molecule is O=C(O)ON1CCCC(c2c[nH]c3ccccc23)C1. The second-order valence-corrected chi connectivity index (χ2v) is 4.87. The number of aromatic nitrogens is 1. The van der Waals surface area contributed by atoms with Gasteiger partial charge in [0.15, 0.2) is 0 Å². The Labute approximate surface area is 110 Å².